The van der Waals surface area contributed by atoms with Crippen LogP contribution in [0.1, 0.15) is 41.0 Å². The van der Waals surface area contributed by atoms with E-state index < -0.39 is 36.9 Å². The van der Waals surface area contributed by atoms with Crippen LogP contribution in [0.15, 0.2) is 121 Å². The van der Waals surface area contributed by atoms with E-state index in [4.69, 9.17) is 11.5 Å². The standard InChI is InChI=1S/C35H40N3O4P/c36-33(22-21-26-13-5-1-6-14-26)43(41,42)25-30(35(40)38-32(34(37)39)23-27-15-7-2-8-16-27)24-31(28-17-9-3-10-18-28)29-19-11-4-12-20-29/h1-20,30-33H,21-25,36H2,(H2,37,39)(H,38,40)(H,41,42)/t30?,32-,33+/m0/s1. The van der Waals surface area contributed by atoms with Gasteiger partial charge in [-0.05, 0) is 41.5 Å². The van der Waals surface area contributed by atoms with Gasteiger partial charge >= 0.3 is 0 Å². The van der Waals surface area contributed by atoms with Crippen LogP contribution in [0.2, 0.25) is 0 Å². The minimum atomic E-state index is -4.00. The summed E-state index contributed by atoms with van der Waals surface area (Å²) in [6, 6.07) is 37.4. The van der Waals surface area contributed by atoms with Crippen LogP contribution >= 0.6 is 7.37 Å². The summed E-state index contributed by atoms with van der Waals surface area (Å²) >= 11 is 0. The molecule has 0 saturated heterocycles. The van der Waals surface area contributed by atoms with E-state index in [0.717, 1.165) is 22.3 Å². The van der Waals surface area contributed by atoms with Gasteiger partial charge in [-0.25, -0.2) is 0 Å². The summed E-state index contributed by atoms with van der Waals surface area (Å²) in [6.07, 6.45) is 0.975. The molecule has 4 atom stereocenters. The number of aryl methyl sites for hydroxylation is 1. The minimum absolute atomic E-state index is 0.211. The molecule has 4 aromatic rings. The van der Waals surface area contributed by atoms with Gasteiger partial charge in [0.1, 0.15) is 6.04 Å². The molecular weight excluding hydrogens is 557 g/mol. The van der Waals surface area contributed by atoms with Gasteiger partial charge < -0.3 is 21.7 Å². The fraction of sp³-hybridized carbons (Fsp3) is 0.257. The molecule has 2 unspecified atom stereocenters. The average Bonchev–Trinajstić information content (AvgIpc) is 3.03. The van der Waals surface area contributed by atoms with Gasteiger partial charge in [-0.2, -0.15) is 0 Å². The van der Waals surface area contributed by atoms with Crippen molar-refractivity contribution in [2.24, 2.45) is 17.4 Å². The maximum absolute atomic E-state index is 13.9. The summed E-state index contributed by atoms with van der Waals surface area (Å²) in [7, 11) is -4.00. The van der Waals surface area contributed by atoms with Crippen molar-refractivity contribution in [3.63, 3.8) is 0 Å². The Balaban J connectivity index is 1.61. The molecule has 0 aromatic heterocycles. The Morgan fingerprint density at radius 1 is 0.744 bits per heavy atom. The third-order valence-corrected chi connectivity index (χ3v) is 10.1. The molecule has 224 valence electrons. The van der Waals surface area contributed by atoms with Crippen LogP contribution in [0.3, 0.4) is 0 Å². The van der Waals surface area contributed by atoms with E-state index in [9.17, 15) is 19.0 Å². The highest BCUT2D eigenvalue weighted by Gasteiger charge is 2.37. The second kappa shape index (κ2) is 15.4. The third-order valence-electron chi connectivity index (χ3n) is 7.81. The molecule has 0 aliphatic rings. The fourth-order valence-corrected chi connectivity index (χ4v) is 7.11. The lowest BCUT2D eigenvalue weighted by atomic mass is 9.83. The number of nitrogens with two attached hydrogens (primary N) is 2. The van der Waals surface area contributed by atoms with Crippen molar-refractivity contribution in [1.29, 1.82) is 0 Å². The zero-order valence-corrected chi connectivity index (χ0v) is 25.1. The van der Waals surface area contributed by atoms with Crippen LogP contribution in [0.25, 0.3) is 0 Å². The van der Waals surface area contributed by atoms with Gasteiger partial charge in [0.15, 0.2) is 0 Å². The van der Waals surface area contributed by atoms with Crippen LogP contribution in [0, 0.1) is 5.92 Å². The van der Waals surface area contributed by atoms with Crippen molar-refractivity contribution in [2.75, 3.05) is 6.16 Å². The number of hydrogen-bond donors (Lipinski definition) is 4. The van der Waals surface area contributed by atoms with Crippen LogP contribution in [-0.2, 0) is 27.0 Å². The Morgan fingerprint density at radius 2 is 1.21 bits per heavy atom. The smallest absolute Gasteiger partial charge is 0.240 e. The van der Waals surface area contributed by atoms with Gasteiger partial charge in [0.25, 0.3) is 0 Å². The SMILES string of the molecule is NC(=O)[C@H](Cc1ccccc1)NC(=O)C(CC(c1ccccc1)c1ccccc1)CP(=O)(O)[C@@H](N)CCc1ccccc1. The Hall–Kier alpha value is -4.03. The summed E-state index contributed by atoms with van der Waals surface area (Å²) in [5.74, 6) is -3.33. The number of primary amides is 1. The number of amides is 2. The fourth-order valence-electron chi connectivity index (χ4n) is 5.36. The monoisotopic (exact) mass is 597 g/mol. The van der Waals surface area contributed by atoms with E-state index in [2.05, 4.69) is 5.32 Å². The zero-order valence-electron chi connectivity index (χ0n) is 24.2. The Kier molecular flexibility index (Phi) is 11.5. The summed E-state index contributed by atoms with van der Waals surface area (Å²) in [4.78, 5) is 37.6. The molecule has 0 aliphatic heterocycles. The molecule has 4 aromatic carbocycles. The third kappa shape index (κ3) is 9.48. The summed E-state index contributed by atoms with van der Waals surface area (Å²) in [6.45, 7) is 0. The molecule has 0 spiro atoms. The molecule has 2 amide bonds. The van der Waals surface area contributed by atoms with Gasteiger partial charge in [0.2, 0.25) is 19.2 Å². The first kappa shape index (κ1) is 31.9. The van der Waals surface area contributed by atoms with Crippen molar-refractivity contribution in [1.82, 2.24) is 5.32 Å². The highest BCUT2D eigenvalue weighted by atomic mass is 31.2. The van der Waals surface area contributed by atoms with E-state index >= 15 is 0 Å². The largest absolute Gasteiger partial charge is 0.368 e. The second-order valence-electron chi connectivity index (χ2n) is 11.0. The molecule has 0 radical (unpaired) electrons. The molecule has 0 bridgehead atoms. The highest BCUT2D eigenvalue weighted by molar-refractivity contribution is 7.58. The van der Waals surface area contributed by atoms with Crippen molar-refractivity contribution in [3.8, 4) is 0 Å². The molecule has 43 heavy (non-hydrogen) atoms. The summed E-state index contributed by atoms with van der Waals surface area (Å²) in [5, 5.41) is 2.81. The van der Waals surface area contributed by atoms with Gasteiger partial charge in [-0.1, -0.05) is 121 Å². The van der Waals surface area contributed by atoms with Gasteiger partial charge in [-0.3, -0.25) is 14.2 Å². The predicted molar refractivity (Wildman–Crippen MR) is 172 cm³/mol. The molecule has 4 rings (SSSR count). The molecular formula is C35H40N3O4P. The number of carbonyl (C=O) groups is 2. The lowest BCUT2D eigenvalue weighted by Crippen LogP contribution is -2.48. The molecule has 8 heteroatoms. The Morgan fingerprint density at radius 3 is 1.70 bits per heavy atom. The minimum Gasteiger partial charge on any atom is -0.368 e. The molecule has 7 nitrogen and oxygen atoms in total. The molecule has 0 fully saturated rings. The maximum atomic E-state index is 13.9. The van der Waals surface area contributed by atoms with Crippen LogP contribution in [-0.4, -0.2) is 34.7 Å². The number of benzene rings is 4. The normalized spacial score (nSPS) is 14.8. The average molecular weight is 598 g/mol. The topological polar surface area (TPSA) is 136 Å². The second-order valence-corrected chi connectivity index (χ2v) is 13.5. The van der Waals surface area contributed by atoms with E-state index in [-0.39, 0.29) is 24.9 Å². The van der Waals surface area contributed by atoms with Gasteiger partial charge in [0, 0.05) is 24.4 Å². The maximum Gasteiger partial charge on any atom is 0.240 e. The van der Waals surface area contributed by atoms with Gasteiger partial charge in [-0.15, -0.1) is 0 Å². The quantitative estimate of drug-likeness (QED) is 0.139. The molecule has 0 heterocycles. The van der Waals surface area contributed by atoms with Crippen LogP contribution < -0.4 is 16.8 Å². The van der Waals surface area contributed by atoms with Crippen molar-refractivity contribution in [3.05, 3.63) is 144 Å². The van der Waals surface area contributed by atoms with E-state index in [1.165, 1.54) is 0 Å². The van der Waals surface area contributed by atoms with Crippen molar-refractivity contribution in [2.45, 2.75) is 43.4 Å². The van der Waals surface area contributed by atoms with Crippen LogP contribution in [0.4, 0.5) is 0 Å². The first-order valence-electron chi connectivity index (χ1n) is 14.6. The van der Waals surface area contributed by atoms with Crippen LogP contribution in [0.5, 0.6) is 0 Å². The first-order valence-corrected chi connectivity index (χ1v) is 16.5. The lowest BCUT2D eigenvalue weighted by molar-refractivity contribution is -0.129. The van der Waals surface area contributed by atoms with Gasteiger partial charge in [0.05, 0.1) is 5.78 Å². The molecule has 0 aliphatic carbocycles. The Labute approximate surface area is 253 Å². The highest BCUT2D eigenvalue weighted by Crippen LogP contribution is 2.49. The van der Waals surface area contributed by atoms with Crippen molar-refractivity contribution < 1.29 is 19.0 Å². The molecule has 6 N–H and O–H groups in total. The molecule has 0 saturated carbocycles. The predicted octanol–water partition coefficient (Wildman–Crippen LogP) is 5.23. The number of hydrogen-bond acceptors (Lipinski definition) is 4. The summed E-state index contributed by atoms with van der Waals surface area (Å²) < 4.78 is 13.8. The Bertz CT molecular complexity index is 1450. The first-order chi connectivity index (χ1) is 20.7. The number of rotatable bonds is 15. The van der Waals surface area contributed by atoms with E-state index in [1.807, 2.05) is 121 Å². The summed E-state index contributed by atoms with van der Waals surface area (Å²) in [5.41, 5.74) is 15.9. The van der Waals surface area contributed by atoms with E-state index in [1.54, 1.807) is 0 Å². The number of carbonyl (C=O) groups excluding carboxylic acids is 2. The lowest BCUT2D eigenvalue weighted by Gasteiger charge is -2.29. The number of nitrogens with one attached hydrogen (secondary N) is 1. The zero-order chi connectivity index (χ0) is 30.7. The van der Waals surface area contributed by atoms with Crippen molar-refractivity contribution >= 4 is 19.2 Å². The van der Waals surface area contributed by atoms with E-state index in [0.29, 0.717) is 12.8 Å².